The van der Waals surface area contributed by atoms with Gasteiger partial charge in [-0.25, -0.2) is 0 Å². The first-order chi connectivity index (χ1) is 10.8. The van der Waals surface area contributed by atoms with Gasteiger partial charge in [-0.1, -0.05) is 0 Å². The normalized spacial score (nSPS) is 46.9. The summed E-state index contributed by atoms with van der Waals surface area (Å²) in [5.74, 6) is 1.58. The van der Waals surface area contributed by atoms with Crippen LogP contribution in [0.15, 0.2) is 0 Å². The highest BCUT2D eigenvalue weighted by Crippen LogP contribution is 2.57. The molecular weight excluding hydrogens is 284 g/mol. The molecular formula is C17H28O5. The highest BCUT2D eigenvalue weighted by molar-refractivity contribution is 5.08. The molecule has 3 saturated heterocycles. The molecule has 5 nitrogen and oxygen atoms in total. The van der Waals surface area contributed by atoms with Gasteiger partial charge < -0.3 is 23.7 Å². The Hall–Kier alpha value is -0.200. The lowest BCUT2D eigenvalue weighted by Crippen LogP contribution is -2.64. The molecule has 5 heteroatoms. The maximum atomic E-state index is 6.64. The van der Waals surface area contributed by atoms with E-state index in [9.17, 15) is 0 Å². The van der Waals surface area contributed by atoms with Gasteiger partial charge in [0.2, 0.25) is 0 Å². The average molecular weight is 312 g/mol. The molecule has 0 radical (unpaired) electrons. The van der Waals surface area contributed by atoms with E-state index >= 15 is 0 Å². The lowest BCUT2D eigenvalue weighted by Gasteiger charge is -2.61. The van der Waals surface area contributed by atoms with Crippen LogP contribution in [-0.2, 0) is 23.7 Å². The zero-order valence-corrected chi connectivity index (χ0v) is 13.4. The Balaban J connectivity index is 1.45. The van der Waals surface area contributed by atoms with Crippen molar-refractivity contribution in [3.05, 3.63) is 0 Å². The van der Waals surface area contributed by atoms with Crippen LogP contribution in [0.25, 0.3) is 0 Å². The van der Waals surface area contributed by atoms with Crippen molar-refractivity contribution in [3.8, 4) is 0 Å². The number of hydrogen-bond acceptors (Lipinski definition) is 5. The Morgan fingerprint density at radius 1 is 0.545 bits per heavy atom. The Labute approximate surface area is 132 Å². The van der Waals surface area contributed by atoms with Crippen molar-refractivity contribution >= 4 is 0 Å². The molecule has 0 unspecified atom stereocenters. The zero-order valence-electron chi connectivity index (χ0n) is 13.4. The maximum absolute atomic E-state index is 6.64. The van der Waals surface area contributed by atoms with Gasteiger partial charge in [-0.15, -0.1) is 0 Å². The highest BCUT2D eigenvalue weighted by atomic mass is 16.6. The van der Waals surface area contributed by atoms with Crippen molar-refractivity contribution in [3.63, 3.8) is 0 Å². The largest absolute Gasteiger partial charge is 0.377 e. The molecule has 5 aliphatic rings. The highest BCUT2D eigenvalue weighted by Gasteiger charge is 2.58. The molecule has 0 aromatic rings. The fourth-order valence-electron chi connectivity index (χ4n) is 5.21. The van der Waals surface area contributed by atoms with Crippen LogP contribution in [0.2, 0.25) is 0 Å². The third kappa shape index (κ3) is 3.20. The Morgan fingerprint density at radius 3 is 1.41 bits per heavy atom. The molecule has 2 aliphatic carbocycles. The smallest absolute Gasteiger partial charge is 0.0928 e. The minimum Gasteiger partial charge on any atom is -0.377 e. The van der Waals surface area contributed by atoms with Crippen molar-refractivity contribution in [2.24, 2.45) is 11.8 Å². The standard InChI is InChI=1S/C17H28O5/c1-2-19-4-6-21-13-17-10-14-7-15(11-17)9-16(8-14,22-17)12-20-5-3-18-1/h14-15H,1-13H2. The van der Waals surface area contributed by atoms with Crippen LogP contribution in [0, 0.1) is 11.8 Å². The van der Waals surface area contributed by atoms with E-state index in [1.807, 2.05) is 0 Å². The van der Waals surface area contributed by atoms with E-state index in [2.05, 4.69) is 0 Å². The molecule has 0 aromatic carbocycles. The van der Waals surface area contributed by atoms with Crippen LogP contribution in [0.5, 0.6) is 0 Å². The summed E-state index contributed by atoms with van der Waals surface area (Å²) in [5, 5.41) is 0. The van der Waals surface area contributed by atoms with Crippen LogP contribution >= 0.6 is 0 Å². The lowest BCUT2D eigenvalue weighted by molar-refractivity contribution is -0.299. The van der Waals surface area contributed by atoms with E-state index in [0.717, 1.165) is 37.5 Å². The topological polar surface area (TPSA) is 46.2 Å². The molecule has 0 atom stereocenters. The summed E-state index contributed by atoms with van der Waals surface area (Å²) < 4.78 is 29.5. The predicted octanol–water partition coefficient (Wildman–Crippen LogP) is 1.78. The second-order valence-corrected chi connectivity index (χ2v) is 7.58. The average Bonchev–Trinajstić information content (AvgIpc) is 2.46. The number of rotatable bonds is 0. The van der Waals surface area contributed by atoms with Crippen molar-refractivity contribution in [1.29, 1.82) is 0 Å². The van der Waals surface area contributed by atoms with Gasteiger partial charge in [0.15, 0.2) is 0 Å². The van der Waals surface area contributed by atoms with E-state index in [1.54, 1.807) is 0 Å². The van der Waals surface area contributed by atoms with Gasteiger partial charge in [0, 0.05) is 0 Å². The summed E-state index contributed by atoms with van der Waals surface area (Å²) in [4.78, 5) is 0. The van der Waals surface area contributed by atoms with Crippen molar-refractivity contribution in [2.75, 3.05) is 52.9 Å². The quantitative estimate of drug-likeness (QED) is 0.682. The van der Waals surface area contributed by atoms with E-state index in [0.29, 0.717) is 52.9 Å². The zero-order chi connectivity index (χ0) is 14.9. The van der Waals surface area contributed by atoms with E-state index < -0.39 is 0 Å². The Bertz CT molecular complexity index is 339. The third-order valence-electron chi connectivity index (χ3n) is 5.59. The van der Waals surface area contributed by atoms with E-state index in [4.69, 9.17) is 23.7 Å². The van der Waals surface area contributed by atoms with Gasteiger partial charge in [-0.2, -0.15) is 0 Å². The molecule has 22 heavy (non-hydrogen) atoms. The van der Waals surface area contributed by atoms with Crippen LogP contribution in [0.4, 0.5) is 0 Å². The van der Waals surface area contributed by atoms with Crippen LogP contribution in [0.1, 0.15) is 32.1 Å². The summed E-state index contributed by atoms with van der Waals surface area (Å²) in [6.07, 6.45) is 6.02. The Kier molecular flexibility index (Phi) is 4.43. The monoisotopic (exact) mass is 312 g/mol. The minimum absolute atomic E-state index is 0.0654. The molecule has 0 amide bonds. The first-order valence-electron chi connectivity index (χ1n) is 8.79. The molecule has 126 valence electrons. The van der Waals surface area contributed by atoms with Gasteiger partial charge in [0.25, 0.3) is 0 Å². The van der Waals surface area contributed by atoms with Crippen molar-refractivity contribution in [2.45, 2.75) is 43.3 Å². The molecule has 3 aliphatic heterocycles. The van der Waals surface area contributed by atoms with Crippen molar-refractivity contribution < 1.29 is 23.7 Å². The molecule has 0 aromatic heterocycles. The van der Waals surface area contributed by atoms with Gasteiger partial charge in [0.1, 0.15) is 0 Å². The number of ether oxygens (including phenoxy) is 5. The lowest BCUT2D eigenvalue weighted by atomic mass is 9.58. The van der Waals surface area contributed by atoms with E-state index in [-0.39, 0.29) is 11.2 Å². The molecule has 3 heterocycles. The number of hydrogen-bond donors (Lipinski definition) is 0. The van der Waals surface area contributed by atoms with Gasteiger partial charge in [-0.3, -0.25) is 0 Å². The SMILES string of the molecule is C1COCCOCC23CC4CC(CC(COCCO1)(C4)O2)C3. The van der Waals surface area contributed by atoms with Crippen LogP contribution < -0.4 is 0 Å². The first-order valence-corrected chi connectivity index (χ1v) is 8.79. The fraction of sp³-hybridized carbons (Fsp3) is 1.00. The minimum atomic E-state index is -0.0654. The maximum Gasteiger partial charge on any atom is 0.0928 e. The van der Waals surface area contributed by atoms with E-state index in [1.165, 1.54) is 6.42 Å². The second-order valence-electron chi connectivity index (χ2n) is 7.58. The molecule has 0 N–H and O–H groups in total. The van der Waals surface area contributed by atoms with Gasteiger partial charge >= 0.3 is 0 Å². The fourth-order valence-corrected chi connectivity index (χ4v) is 5.21. The molecule has 5 rings (SSSR count). The Morgan fingerprint density at radius 2 is 0.955 bits per heavy atom. The summed E-state index contributed by atoms with van der Waals surface area (Å²) in [5.41, 5.74) is -0.131. The van der Waals surface area contributed by atoms with Crippen molar-refractivity contribution in [1.82, 2.24) is 0 Å². The molecule has 2 spiro atoms. The summed E-state index contributed by atoms with van der Waals surface area (Å²) >= 11 is 0. The molecule has 5 fully saturated rings. The molecule has 4 bridgehead atoms. The summed E-state index contributed by atoms with van der Waals surface area (Å²) in [6.45, 7) is 5.22. The summed E-state index contributed by atoms with van der Waals surface area (Å²) in [6, 6.07) is 0. The van der Waals surface area contributed by atoms with Gasteiger partial charge in [-0.05, 0) is 43.9 Å². The molecule has 2 saturated carbocycles. The first kappa shape index (κ1) is 15.3. The van der Waals surface area contributed by atoms with Crippen LogP contribution in [0.3, 0.4) is 0 Å². The second kappa shape index (κ2) is 6.36. The van der Waals surface area contributed by atoms with Crippen LogP contribution in [-0.4, -0.2) is 64.1 Å². The summed E-state index contributed by atoms with van der Waals surface area (Å²) in [7, 11) is 0. The third-order valence-corrected chi connectivity index (χ3v) is 5.59. The predicted molar refractivity (Wildman–Crippen MR) is 79.9 cm³/mol. The van der Waals surface area contributed by atoms with Gasteiger partial charge in [0.05, 0.1) is 64.1 Å².